The van der Waals surface area contributed by atoms with E-state index in [2.05, 4.69) is 61.5 Å². The van der Waals surface area contributed by atoms with Gasteiger partial charge in [-0.1, -0.05) is 29.4 Å². The molecule has 0 amide bonds. The van der Waals surface area contributed by atoms with Gasteiger partial charge in [-0.05, 0) is 30.3 Å². The first-order valence-corrected chi connectivity index (χ1v) is 11.1. The van der Waals surface area contributed by atoms with Gasteiger partial charge in [0.1, 0.15) is 12.0 Å². The Bertz CT molecular complexity index is 962. The van der Waals surface area contributed by atoms with Crippen LogP contribution in [0.3, 0.4) is 0 Å². The molecule has 4 rings (SSSR count). The van der Waals surface area contributed by atoms with E-state index in [4.69, 9.17) is 8.94 Å². The summed E-state index contributed by atoms with van der Waals surface area (Å²) in [6.45, 7) is 7.04. The molecule has 3 heterocycles. The van der Waals surface area contributed by atoms with Crippen LogP contribution in [0.4, 0.5) is 0 Å². The molecule has 1 fully saturated rings. The Hall–Kier alpha value is -3.10. The number of hydrogen-bond acceptors (Lipinski definition) is 6. The van der Waals surface area contributed by atoms with Gasteiger partial charge in [-0.15, -0.1) is 0 Å². The van der Waals surface area contributed by atoms with Crippen LogP contribution in [0.1, 0.15) is 22.6 Å². The van der Waals surface area contributed by atoms with E-state index < -0.39 is 0 Å². The first-order valence-electron chi connectivity index (χ1n) is 11.1. The zero-order valence-corrected chi connectivity index (χ0v) is 18.9. The van der Waals surface area contributed by atoms with E-state index in [1.807, 2.05) is 25.2 Å². The lowest BCUT2D eigenvalue weighted by Gasteiger charge is -2.36. The molecule has 0 spiro atoms. The minimum Gasteiger partial charge on any atom is -0.468 e. The quantitative estimate of drug-likeness (QED) is 0.430. The average Bonchev–Trinajstić information content (AvgIpc) is 3.51. The number of guanidine groups is 1. The van der Waals surface area contributed by atoms with Gasteiger partial charge in [-0.2, -0.15) is 0 Å². The fourth-order valence-corrected chi connectivity index (χ4v) is 4.07. The summed E-state index contributed by atoms with van der Waals surface area (Å²) < 4.78 is 10.4. The molecule has 1 saturated heterocycles. The predicted octanol–water partition coefficient (Wildman–Crippen LogP) is 2.79. The van der Waals surface area contributed by atoms with Crippen LogP contribution >= 0.6 is 0 Å². The van der Waals surface area contributed by atoms with E-state index in [1.165, 1.54) is 11.1 Å². The Morgan fingerprint density at radius 3 is 2.53 bits per heavy atom. The van der Waals surface area contributed by atoms with Crippen LogP contribution in [0.15, 0.2) is 68.9 Å². The topological polar surface area (TPSA) is 73.3 Å². The fourth-order valence-electron chi connectivity index (χ4n) is 4.07. The third-order valence-electron chi connectivity index (χ3n) is 5.76. The van der Waals surface area contributed by atoms with Gasteiger partial charge in [0.15, 0.2) is 5.96 Å². The minimum absolute atomic E-state index is 0.747. The molecule has 0 unspecified atom stereocenters. The normalized spacial score (nSPS) is 15.5. The van der Waals surface area contributed by atoms with Crippen molar-refractivity contribution in [3.05, 3.63) is 77.6 Å². The number of benzene rings is 1. The third kappa shape index (κ3) is 5.99. The molecule has 32 heavy (non-hydrogen) atoms. The smallest absolute Gasteiger partial charge is 0.194 e. The maximum absolute atomic E-state index is 5.48. The van der Waals surface area contributed by atoms with Gasteiger partial charge >= 0.3 is 0 Å². The summed E-state index contributed by atoms with van der Waals surface area (Å²) in [6, 6.07) is 14.4. The lowest BCUT2D eigenvalue weighted by molar-refractivity contribution is 0.169. The van der Waals surface area contributed by atoms with Crippen LogP contribution in [-0.4, -0.2) is 66.1 Å². The SMILES string of the molecule is CN=C(NCc1ccccc1CN(C)Cc1ccco1)N1CCN(Cc2ccon2)CC1. The summed E-state index contributed by atoms with van der Waals surface area (Å²) in [5.74, 6) is 1.93. The highest BCUT2D eigenvalue weighted by Crippen LogP contribution is 2.14. The number of rotatable bonds is 8. The monoisotopic (exact) mass is 436 g/mol. The molecule has 1 aliphatic rings. The summed E-state index contributed by atoms with van der Waals surface area (Å²) >= 11 is 0. The molecule has 1 aromatic carbocycles. The first-order chi connectivity index (χ1) is 15.7. The lowest BCUT2D eigenvalue weighted by Crippen LogP contribution is -2.52. The van der Waals surface area contributed by atoms with E-state index in [9.17, 15) is 0 Å². The van der Waals surface area contributed by atoms with Crippen LogP contribution in [0.5, 0.6) is 0 Å². The van der Waals surface area contributed by atoms with Crippen molar-refractivity contribution in [2.45, 2.75) is 26.2 Å². The second kappa shape index (κ2) is 11.0. The first kappa shape index (κ1) is 22.1. The molecule has 0 radical (unpaired) electrons. The molecule has 8 nitrogen and oxygen atoms in total. The Labute approximate surface area is 189 Å². The zero-order chi connectivity index (χ0) is 22.2. The Balaban J connectivity index is 1.29. The summed E-state index contributed by atoms with van der Waals surface area (Å²) in [5.41, 5.74) is 3.57. The number of nitrogens with one attached hydrogen (secondary N) is 1. The second-order valence-electron chi connectivity index (χ2n) is 8.18. The highest BCUT2D eigenvalue weighted by atomic mass is 16.5. The number of aromatic nitrogens is 1. The molecular weight excluding hydrogens is 404 g/mol. The molecule has 2 aromatic heterocycles. The van der Waals surface area contributed by atoms with Crippen LogP contribution < -0.4 is 5.32 Å². The molecule has 3 aromatic rings. The van der Waals surface area contributed by atoms with Crippen LogP contribution in [0.25, 0.3) is 0 Å². The zero-order valence-electron chi connectivity index (χ0n) is 18.9. The van der Waals surface area contributed by atoms with E-state index >= 15 is 0 Å². The van der Waals surface area contributed by atoms with Gasteiger partial charge in [-0.3, -0.25) is 14.8 Å². The number of hydrogen-bond donors (Lipinski definition) is 1. The molecule has 0 aliphatic carbocycles. The molecule has 0 saturated carbocycles. The molecule has 0 atom stereocenters. The third-order valence-corrected chi connectivity index (χ3v) is 5.76. The highest BCUT2D eigenvalue weighted by Gasteiger charge is 2.20. The number of aliphatic imine (C=N–C) groups is 1. The fraction of sp³-hybridized carbons (Fsp3) is 0.417. The molecular formula is C24H32N6O2. The van der Waals surface area contributed by atoms with E-state index in [0.717, 1.165) is 69.8 Å². The largest absolute Gasteiger partial charge is 0.468 e. The van der Waals surface area contributed by atoms with E-state index in [1.54, 1.807) is 12.5 Å². The van der Waals surface area contributed by atoms with Gasteiger partial charge in [0, 0.05) is 58.9 Å². The average molecular weight is 437 g/mol. The van der Waals surface area contributed by atoms with E-state index in [-0.39, 0.29) is 0 Å². The van der Waals surface area contributed by atoms with Crippen LogP contribution in [0, 0.1) is 0 Å². The van der Waals surface area contributed by atoms with Crippen molar-refractivity contribution in [2.24, 2.45) is 4.99 Å². The highest BCUT2D eigenvalue weighted by molar-refractivity contribution is 5.80. The van der Waals surface area contributed by atoms with Crippen molar-refractivity contribution in [3.8, 4) is 0 Å². The van der Waals surface area contributed by atoms with Crippen molar-refractivity contribution < 1.29 is 8.94 Å². The maximum Gasteiger partial charge on any atom is 0.194 e. The molecule has 8 heteroatoms. The van der Waals surface area contributed by atoms with Gasteiger partial charge in [0.05, 0.1) is 18.5 Å². The summed E-state index contributed by atoms with van der Waals surface area (Å²) in [5, 5.41) is 7.59. The molecule has 1 N–H and O–H groups in total. The van der Waals surface area contributed by atoms with Crippen LogP contribution in [0.2, 0.25) is 0 Å². The summed E-state index contributed by atoms with van der Waals surface area (Å²) in [7, 11) is 3.97. The number of furan rings is 1. The van der Waals surface area contributed by atoms with Crippen LogP contribution in [-0.2, 0) is 26.2 Å². The molecule has 170 valence electrons. The van der Waals surface area contributed by atoms with Crippen molar-refractivity contribution >= 4 is 5.96 Å². The summed E-state index contributed by atoms with van der Waals surface area (Å²) in [6.07, 6.45) is 3.35. The maximum atomic E-state index is 5.48. The lowest BCUT2D eigenvalue weighted by atomic mass is 10.1. The number of piperazine rings is 1. The van der Waals surface area contributed by atoms with Crippen molar-refractivity contribution in [2.75, 3.05) is 40.3 Å². The minimum atomic E-state index is 0.747. The Kier molecular flexibility index (Phi) is 7.58. The Morgan fingerprint density at radius 1 is 1.03 bits per heavy atom. The van der Waals surface area contributed by atoms with E-state index in [0.29, 0.717) is 0 Å². The summed E-state index contributed by atoms with van der Waals surface area (Å²) in [4.78, 5) is 11.5. The van der Waals surface area contributed by atoms with Gasteiger partial charge < -0.3 is 19.2 Å². The van der Waals surface area contributed by atoms with Crippen molar-refractivity contribution in [1.29, 1.82) is 0 Å². The molecule has 0 bridgehead atoms. The van der Waals surface area contributed by atoms with Crippen molar-refractivity contribution in [3.63, 3.8) is 0 Å². The molecule has 1 aliphatic heterocycles. The predicted molar refractivity (Wildman–Crippen MR) is 124 cm³/mol. The Morgan fingerprint density at radius 2 is 1.84 bits per heavy atom. The second-order valence-corrected chi connectivity index (χ2v) is 8.18. The number of nitrogens with zero attached hydrogens (tertiary/aromatic N) is 5. The van der Waals surface area contributed by atoms with Gasteiger partial charge in [0.25, 0.3) is 0 Å². The van der Waals surface area contributed by atoms with Gasteiger partial charge in [0.2, 0.25) is 0 Å². The van der Waals surface area contributed by atoms with Gasteiger partial charge in [-0.25, -0.2) is 0 Å². The van der Waals surface area contributed by atoms with Crippen molar-refractivity contribution in [1.82, 2.24) is 25.2 Å². The standard InChI is InChI=1S/C24H32N6O2/c1-25-24(30-12-10-29(11-13-30)18-22-9-15-32-27-22)26-16-20-6-3-4-7-21(20)17-28(2)19-23-8-5-14-31-23/h3-9,14-15H,10-13,16-19H2,1-2H3,(H,25,26).